The third-order valence-electron chi connectivity index (χ3n) is 2.84. The first-order chi connectivity index (χ1) is 7.16. The number of thiocarbonyl (C=S) groups is 1. The fourth-order valence-corrected chi connectivity index (χ4v) is 1.93. The molecule has 0 aliphatic carbocycles. The summed E-state index contributed by atoms with van der Waals surface area (Å²) < 4.78 is 2.20. The van der Waals surface area contributed by atoms with Crippen LogP contribution in [0.5, 0.6) is 0 Å². The molecule has 2 rings (SSSR count). The Morgan fingerprint density at radius 2 is 2.47 bits per heavy atom. The van der Waals surface area contributed by atoms with Crippen LogP contribution < -0.4 is 5.73 Å². The van der Waals surface area contributed by atoms with E-state index in [1.807, 2.05) is 12.4 Å². The summed E-state index contributed by atoms with van der Waals surface area (Å²) in [5.74, 6) is 1.41. The second-order valence-electron chi connectivity index (χ2n) is 4.08. The summed E-state index contributed by atoms with van der Waals surface area (Å²) in [5.41, 5.74) is 5.61. The summed E-state index contributed by atoms with van der Waals surface area (Å²) in [4.78, 5) is 7.27. The lowest BCUT2D eigenvalue weighted by Crippen LogP contribution is -2.39. The lowest BCUT2D eigenvalue weighted by Gasteiger charge is -2.29. The number of hydrogen-bond donors (Lipinski definition) is 1. The van der Waals surface area contributed by atoms with E-state index < -0.39 is 0 Å². The molecule has 0 saturated carbocycles. The van der Waals surface area contributed by atoms with E-state index in [0.29, 0.717) is 4.99 Å². The van der Waals surface area contributed by atoms with Crippen LogP contribution in [0, 0.1) is 5.92 Å². The molecule has 4 nitrogen and oxygen atoms in total. The highest BCUT2D eigenvalue weighted by Gasteiger charge is 2.18. The summed E-state index contributed by atoms with van der Waals surface area (Å²) in [5, 5.41) is 0. The standard InChI is InChI=1S/C10H16N4S/c1-8(10(11)15)6-13-4-5-14-3-2-12-9(14)7-13/h2-3,8H,4-7H2,1H3,(H2,11,15). The number of rotatable bonds is 3. The Morgan fingerprint density at radius 1 is 1.67 bits per heavy atom. The van der Waals surface area contributed by atoms with Gasteiger partial charge in [0.05, 0.1) is 11.5 Å². The largest absolute Gasteiger partial charge is 0.393 e. The van der Waals surface area contributed by atoms with E-state index >= 15 is 0 Å². The molecule has 0 fully saturated rings. The van der Waals surface area contributed by atoms with Crippen LogP contribution in [-0.4, -0.2) is 32.5 Å². The minimum atomic E-state index is 0.279. The molecule has 0 aromatic carbocycles. The SMILES string of the molecule is CC(CN1CCn2ccnc2C1)C(N)=S. The zero-order valence-corrected chi connectivity index (χ0v) is 9.70. The van der Waals surface area contributed by atoms with E-state index in [1.165, 1.54) is 0 Å². The Bertz CT molecular complexity index is 360. The fraction of sp³-hybridized carbons (Fsp3) is 0.600. The van der Waals surface area contributed by atoms with Gasteiger partial charge in [0.15, 0.2) is 0 Å². The Hall–Kier alpha value is -0.940. The molecule has 0 bridgehead atoms. The molecule has 1 aliphatic heterocycles. The zero-order valence-electron chi connectivity index (χ0n) is 8.89. The van der Waals surface area contributed by atoms with Gasteiger partial charge in [-0.2, -0.15) is 0 Å². The van der Waals surface area contributed by atoms with Crippen LogP contribution in [0.15, 0.2) is 12.4 Å². The van der Waals surface area contributed by atoms with Crippen LogP contribution in [0.3, 0.4) is 0 Å². The molecule has 0 spiro atoms. The van der Waals surface area contributed by atoms with E-state index in [1.54, 1.807) is 0 Å². The molecule has 1 unspecified atom stereocenters. The van der Waals surface area contributed by atoms with Gasteiger partial charge >= 0.3 is 0 Å². The van der Waals surface area contributed by atoms with E-state index in [-0.39, 0.29) is 5.92 Å². The van der Waals surface area contributed by atoms with Gasteiger partial charge in [0.25, 0.3) is 0 Å². The monoisotopic (exact) mass is 224 g/mol. The first kappa shape index (κ1) is 10.6. The molecule has 15 heavy (non-hydrogen) atoms. The number of fused-ring (bicyclic) bond motifs is 1. The second-order valence-corrected chi connectivity index (χ2v) is 4.55. The van der Waals surface area contributed by atoms with E-state index in [0.717, 1.165) is 32.0 Å². The molecule has 0 saturated heterocycles. The van der Waals surface area contributed by atoms with Crippen molar-refractivity contribution in [2.75, 3.05) is 13.1 Å². The molecule has 0 amide bonds. The van der Waals surface area contributed by atoms with Crippen molar-refractivity contribution >= 4 is 17.2 Å². The van der Waals surface area contributed by atoms with Crippen molar-refractivity contribution in [2.24, 2.45) is 11.7 Å². The molecular weight excluding hydrogens is 208 g/mol. The van der Waals surface area contributed by atoms with Gasteiger partial charge in [-0.05, 0) is 0 Å². The van der Waals surface area contributed by atoms with Gasteiger partial charge in [-0.3, -0.25) is 4.90 Å². The van der Waals surface area contributed by atoms with Gasteiger partial charge < -0.3 is 10.3 Å². The van der Waals surface area contributed by atoms with Crippen LogP contribution in [0.4, 0.5) is 0 Å². The van der Waals surface area contributed by atoms with Crippen molar-refractivity contribution in [1.29, 1.82) is 0 Å². The smallest absolute Gasteiger partial charge is 0.122 e. The quantitative estimate of drug-likeness (QED) is 0.765. The lowest BCUT2D eigenvalue weighted by atomic mass is 10.1. The number of hydrogen-bond acceptors (Lipinski definition) is 3. The Labute approximate surface area is 95.1 Å². The van der Waals surface area contributed by atoms with Crippen molar-refractivity contribution in [2.45, 2.75) is 20.0 Å². The zero-order chi connectivity index (χ0) is 10.8. The summed E-state index contributed by atoms with van der Waals surface area (Å²) in [7, 11) is 0. The first-order valence-corrected chi connectivity index (χ1v) is 5.59. The van der Waals surface area contributed by atoms with Crippen LogP contribution in [0.2, 0.25) is 0 Å². The van der Waals surface area contributed by atoms with Crippen molar-refractivity contribution in [3.63, 3.8) is 0 Å². The molecule has 1 atom stereocenters. The molecule has 5 heteroatoms. The fourth-order valence-electron chi connectivity index (χ4n) is 1.86. The first-order valence-electron chi connectivity index (χ1n) is 5.18. The van der Waals surface area contributed by atoms with Crippen LogP contribution in [0.25, 0.3) is 0 Å². The number of nitrogens with zero attached hydrogens (tertiary/aromatic N) is 3. The molecule has 2 heterocycles. The summed E-state index contributed by atoms with van der Waals surface area (Å²) in [6, 6.07) is 0. The number of aromatic nitrogens is 2. The van der Waals surface area contributed by atoms with Crippen LogP contribution >= 0.6 is 12.2 Å². The van der Waals surface area contributed by atoms with Crippen molar-refractivity contribution in [1.82, 2.24) is 14.5 Å². The van der Waals surface area contributed by atoms with Gasteiger partial charge in [0.2, 0.25) is 0 Å². The van der Waals surface area contributed by atoms with Gasteiger partial charge in [-0.1, -0.05) is 19.1 Å². The predicted molar refractivity (Wildman–Crippen MR) is 63.5 cm³/mol. The lowest BCUT2D eigenvalue weighted by molar-refractivity contribution is 0.206. The van der Waals surface area contributed by atoms with Crippen molar-refractivity contribution in [3.8, 4) is 0 Å². The molecule has 82 valence electrons. The predicted octanol–water partition coefficient (Wildman–Crippen LogP) is 0.621. The third kappa shape index (κ3) is 2.35. The average Bonchev–Trinajstić information content (AvgIpc) is 2.64. The summed E-state index contributed by atoms with van der Waals surface area (Å²) in [6.07, 6.45) is 3.89. The van der Waals surface area contributed by atoms with Crippen molar-refractivity contribution < 1.29 is 0 Å². The highest BCUT2D eigenvalue weighted by molar-refractivity contribution is 7.80. The maximum atomic E-state index is 5.61. The maximum absolute atomic E-state index is 5.61. The van der Waals surface area contributed by atoms with E-state index in [4.69, 9.17) is 18.0 Å². The normalized spacial score (nSPS) is 18.5. The molecule has 1 aliphatic rings. The third-order valence-corrected chi connectivity index (χ3v) is 3.24. The summed E-state index contributed by atoms with van der Waals surface area (Å²) >= 11 is 4.98. The highest BCUT2D eigenvalue weighted by atomic mass is 32.1. The van der Waals surface area contributed by atoms with Crippen LogP contribution in [0.1, 0.15) is 12.7 Å². The highest BCUT2D eigenvalue weighted by Crippen LogP contribution is 2.12. The number of nitrogens with two attached hydrogens (primary N) is 1. The van der Waals surface area contributed by atoms with Gasteiger partial charge in [0.1, 0.15) is 5.82 Å². The molecular formula is C10H16N4S. The average molecular weight is 224 g/mol. The molecule has 1 aromatic rings. The topological polar surface area (TPSA) is 47.1 Å². The van der Waals surface area contributed by atoms with Gasteiger partial charge in [-0.25, -0.2) is 4.98 Å². The number of imidazole rings is 1. The molecule has 2 N–H and O–H groups in total. The minimum Gasteiger partial charge on any atom is -0.393 e. The van der Waals surface area contributed by atoms with Gasteiger partial charge in [0, 0.05) is 37.9 Å². The van der Waals surface area contributed by atoms with E-state index in [9.17, 15) is 0 Å². The van der Waals surface area contributed by atoms with E-state index in [2.05, 4.69) is 21.4 Å². The maximum Gasteiger partial charge on any atom is 0.122 e. The second kappa shape index (κ2) is 4.28. The summed E-state index contributed by atoms with van der Waals surface area (Å²) in [6.45, 7) is 5.97. The minimum absolute atomic E-state index is 0.279. The van der Waals surface area contributed by atoms with Gasteiger partial charge in [-0.15, -0.1) is 0 Å². The Balaban J connectivity index is 1.95. The molecule has 0 radical (unpaired) electrons. The van der Waals surface area contributed by atoms with Crippen molar-refractivity contribution in [3.05, 3.63) is 18.2 Å². The molecule has 1 aromatic heterocycles. The van der Waals surface area contributed by atoms with Crippen LogP contribution in [-0.2, 0) is 13.1 Å². The Morgan fingerprint density at radius 3 is 3.20 bits per heavy atom. The Kier molecular flexibility index (Phi) is 3.02.